The summed E-state index contributed by atoms with van der Waals surface area (Å²) in [7, 11) is 2.71. The lowest BCUT2D eigenvalue weighted by atomic mass is 10.1. The number of ether oxygens (including phenoxy) is 2. The lowest BCUT2D eigenvalue weighted by molar-refractivity contribution is 0.0596. The van der Waals surface area contributed by atoms with Crippen molar-refractivity contribution in [3.05, 3.63) is 52.8 Å². The smallest absolute Gasteiger partial charge is 0.343 e. The zero-order valence-electron chi connectivity index (χ0n) is 16.2. The second kappa shape index (κ2) is 7.18. The van der Waals surface area contributed by atoms with E-state index in [1.807, 2.05) is 4.40 Å². The van der Waals surface area contributed by atoms with Crippen molar-refractivity contribution in [1.82, 2.24) is 29.4 Å². The normalized spacial score (nSPS) is 14.8. The second-order valence-electron chi connectivity index (χ2n) is 6.96. The number of rotatable bonds is 6. The van der Waals surface area contributed by atoms with Crippen LogP contribution in [0.4, 0.5) is 0 Å². The number of aromatic nitrogens is 6. The lowest BCUT2D eigenvalue weighted by Gasteiger charge is -2.09. The third kappa shape index (κ3) is 3.02. The number of aliphatic hydroxyl groups excluding tert-OH is 1. The Bertz CT molecular complexity index is 1240. The quantitative estimate of drug-likeness (QED) is 0.466. The molecule has 0 amide bonds. The molecule has 0 bridgehead atoms. The Labute approximate surface area is 174 Å². The Kier molecular flexibility index (Phi) is 4.48. The lowest BCUT2D eigenvalue weighted by Crippen LogP contribution is -2.08. The number of pyridine rings is 1. The Morgan fingerprint density at radius 1 is 1.33 bits per heavy atom. The van der Waals surface area contributed by atoms with Crippen LogP contribution < -0.4 is 4.74 Å². The first-order chi connectivity index (χ1) is 14.6. The van der Waals surface area contributed by atoms with Gasteiger partial charge in [0.25, 0.3) is 0 Å². The number of aliphatic hydroxyl groups is 1. The van der Waals surface area contributed by atoms with Crippen molar-refractivity contribution in [3.63, 3.8) is 0 Å². The van der Waals surface area contributed by atoms with E-state index in [0.717, 1.165) is 28.2 Å². The van der Waals surface area contributed by atoms with Crippen LogP contribution in [0.1, 0.15) is 51.5 Å². The Morgan fingerprint density at radius 2 is 2.17 bits per heavy atom. The van der Waals surface area contributed by atoms with Gasteiger partial charge in [0.2, 0.25) is 5.88 Å². The van der Waals surface area contributed by atoms with E-state index in [2.05, 4.69) is 20.3 Å². The Hall–Kier alpha value is -3.31. The van der Waals surface area contributed by atoms with E-state index in [0.29, 0.717) is 17.3 Å². The number of esters is 1. The van der Waals surface area contributed by atoms with Gasteiger partial charge in [-0.1, -0.05) is 5.21 Å². The van der Waals surface area contributed by atoms with E-state index in [1.165, 1.54) is 25.1 Å². The minimum Gasteiger partial charge on any atom is -0.480 e. The first-order valence-corrected chi connectivity index (χ1v) is 10.1. The van der Waals surface area contributed by atoms with Crippen LogP contribution in [0.25, 0.3) is 10.5 Å². The van der Waals surface area contributed by atoms with Crippen molar-refractivity contribution in [3.8, 4) is 11.6 Å². The number of hydrogen-bond donors (Lipinski definition) is 1. The van der Waals surface area contributed by atoms with Crippen molar-refractivity contribution in [2.45, 2.75) is 24.9 Å². The van der Waals surface area contributed by atoms with Crippen LogP contribution in [0.5, 0.6) is 5.88 Å². The summed E-state index contributed by atoms with van der Waals surface area (Å²) in [6.07, 6.45) is 7.91. The molecule has 0 saturated heterocycles. The fraction of sp³-hybridized carbons (Fsp3) is 0.316. The maximum absolute atomic E-state index is 12.0. The van der Waals surface area contributed by atoms with Gasteiger partial charge in [-0.05, 0) is 24.8 Å². The number of carbonyl (C=O) groups is 1. The molecular formula is C19H18N6O4S. The zero-order valence-corrected chi connectivity index (χ0v) is 17.0. The molecule has 0 radical (unpaired) electrons. The molecule has 4 heterocycles. The fourth-order valence-corrected chi connectivity index (χ4v) is 4.68. The van der Waals surface area contributed by atoms with Crippen LogP contribution in [0.15, 0.2) is 31.0 Å². The summed E-state index contributed by atoms with van der Waals surface area (Å²) >= 11 is 1.65. The molecule has 4 aromatic heterocycles. The average Bonchev–Trinajstić information content (AvgIpc) is 3.16. The predicted octanol–water partition coefficient (Wildman–Crippen LogP) is 2.13. The maximum atomic E-state index is 12.0. The molecule has 5 rings (SSSR count). The molecule has 0 aromatic carbocycles. The third-order valence-electron chi connectivity index (χ3n) is 5.03. The summed E-state index contributed by atoms with van der Waals surface area (Å²) in [5, 5.41) is 19.4. The number of imidazole rings is 1. The molecule has 1 unspecified atom stereocenters. The number of fused-ring (bicyclic) bond motifs is 1. The third-order valence-corrected chi connectivity index (χ3v) is 6.30. The van der Waals surface area contributed by atoms with E-state index in [-0.39, 0.29) is 11.4 Å². The summed E-state index contributed by atoms with van der Waals surface area (Å²) in [4.78, 5) is 22.5. The van der Waals surface area contributed by atoms with Gasteiger partial charge >= 0.3 is 5.97 Å². The minimum absolute atomic E-state index is 0.154. The molecular weight excluding hydrogens is 408 g/mol. The number of methoxy groups -OCH3 is 2. The molecule has 4 aromatic rings. The topological polar surface area (TPSA) is 117 Å². The van der Waals surface area contributed by atoms with E-state index < -0.39 is 12.1 Å². The van der Waals surface area contributed by atoms with Crippen molar-refractivity contribution in [2.24, 2.45) is 0 Å². The predicted molar refractivity (Wildman–Crippen MR) is 106 cm³/mol. The molecule has 1 atom stereocenters. The average molecular weight is 426 g/mol. The minimum atomic E-state index is -0.955. The van der Waals surface area contributed by atoms with Gasteiger partial charge in [0.05, 0.1) is 44.2 Å². The Morgan fingerprint density at radius 3 is 2.90 bits per heavy atom. The molecule has 30 heavy (non-hydrogen) atoms. The van der Waals surface area contributed by atoms with Crippen molar-refractivity contribution < 1.29 is 19.4 Å². The molecule has 1 saturated carbocycles. The molecule has 1 N–H and O–H groups in total. The van der Waals surface area contributed by atoms with Gasteiger partial charge in [-0.2, -0.15) is 0 Å². The SMILES string of the molecule is COC(=O)c1cc(-n2cc(C(O)c3c(C4CC4)sc4cncn34)nn2)cnc1OC. The van der Waals surface area contributed by atoms with Gasteiger partial charge in [0.15, 0.2) is 0 Å². The molecule has 0 aliphatic heterocycles. The molecule has 1 fully saturated rings. The van der Waals surface area contributed by atoms with Gasteiger partial charge < -0.3 is 14.6 Å². The number of carbonyl (C=O) groups excluding carboxylic acids is 1. The van der Waals surface area contributed by atoms with Gasteiger partial charge in [-0.15, -0.1) is 16.4 Å². The first-order valence-electron chi connectivity index (χ1n) is 9.28. The molecule has 11 heteroatoms. The number of thiazole rings is 1. The first kappa shape index (κ1) is 18.7. The van der Waals surface area contributed by atoms with Crippen molar-refractivity contribution >= 4 is 22.1 Å². The molecule has 0 spiro atoms. The van der Waals surface area contributed by atoms with Crippen molar-refractivity contribution in [2.75, 3.05) is 14.2 Å². The van der Waals surface area contributed by atoms with Gasteiger partial charge in [-0.25, -0.2) is 19.4 Å². The number of nitrogens with zero attached hydrogens (tertiary/aromatic N) is 6. The van der Waals surface area contributed by atoms with Crippen LogP contribution in [-0.4, -0.2) is 54.7 Å². The summed E-state index contributed by atoms with van der Waals surface area (Å²) in [6, 6.07) is 1.55. The van der Waals surface area contributed by atoms with Crippen LogP contribution in [0, 0.1) is 0 Å². The molecule has 154 valence electrons. The van der Waals surface area contributed by atoms with Gasteiger partial charge in [0.1, 0.15) is 28.5 Å². The van der Waals surface area contributed by atoms with E-state index in [1.54, 1.807) is 36.1 Å². The summed E-state index contributed by atoms with van der Waals surface area (Å²) < 4.78 is 13.3. The van der Waals surface area contributed by atoms with Crippen LogP contribution in [-0.2, 0) is 4.74 Å². The zero-order chi connectivity index (χ0) is 20.8. The van der Waals surface area contributed by atoms with Gasteiger partial charge in [0, 0.05) is 4.88 Å². The highest BCUT2D eigenvalue weighted by molar-refractivity contribution is 7.17. The van der Waals surface area contributed by atoms with Crippen molar-refractivity contribution in [1.29, 1.82) is 0 Å². The Balaban J connectivity index is 1.51. The van der Waals surface area contributed by atoms with Crippen LogP contribution in [0.2, 0.25) is 0 Å². The maximum Gasteiger partial charge on any atom is 0.343 e. The fourth-order valence-electron chi connectivity index (χ4n) is 3.38. The van der Waals surface area contributed by atoms with Crippen LogP contribution >= 0.6 is 11.3 Å². The highest BCUT2D eigenvalue weighted by atomic mass is 32.1. The largest absolute Gasteiger partial charge is 0.480 e. The highest BCUT2D eigenvalue weighted by Gasteiger charge is 2.33. The molecule has 10 nitrogen and oxygen atoms in total. The van der Waals surface area contributed by atoms with E-state index in [9.17, 15) is 9.90 Å². The van der Waals surface area contributed by atoms with E-state index >= 15 is 0 Å². The standard InChI is InChI=1S/C19H18N6O4S/c1-28-18-12(19(27)29-2)5-11(6-21-18)25-8-13(22-23-25)16(26)15-17(10-3-4-10)30-14-7-20-9-24(14)15/h5-10,16,26H,3-4H2,1-2H3. The van der Waals surface area contributed by atoms with Crippen LogP contribution in [0.3, 0.4) is 0 Å². The summed E-state index contributed by atoms with van der Waals surface area (Å²) in [5.74, 6) is 0.0558. The van der Waals surface area contributed by atoms with Gasteiger partial charge in [-0.3, -0.25) is 4.40 Å². The molecule has 1 aliphatic carbocycles. The summed E-state index contributed by atoms with van der Waals surface area (Å²) in [6.45, 7) is 0. The molecule has 1 aliphatic rings. The van der Waals surface area contributed by atoms with E-state index in [4.69, 9.17) is 9.47 Å². The number of hydrogen-bond acceptors (Lipinski definition) is 9. The monoisotopic (exact) mass is 426 g/mol. The highest BCUT2D eigenvalue weighted by Crippen LogP contribution is 2.47. The summed E-state index contributed by atoms with van der Waals surface area (Å²) in [5.41, 5.74) is 1.83. The second-order valence-corrected chi connectivity index (χ2v) is 8.02.